The van der Waals surface area contributed by atoms with E-state index in [0.29, 0.717) is 5.69 Å². The van der Waals surface area contributed by atoms with Gasteiger partial charge in [-0.05, 0) is 43.2 Å². The fourth-order valence-electron chi connectivity index (χ4n) is 2.64. The monoisotopic (exact) mass is 284 g/mol. The van der Waals surface area contributed by atoms with Crippen molar-refractivity contribution < 1.29 is 9.50 Å². The Balaban J connectivity index is 2.31. The highest BCUT2D eigenvalue weighted by Gasteiger charge is 2.16. The van der Waals surface area contributed by atoms with Gasteiger partial charge in [0.2, 0.25) is 0 Å². The van der Waals surface area contributed by atoms with Crippen LogP contribution in [0.4, 0.5) is 4.39 Å². The molecule has 0 fully saturated rings. The zero-order valence-electron chi connectivity index (χ0n) is 12.0. The first kappa shape index (κ1) is 13.8. The average molecular weight is 284 g/mol. The van der Waals surface area contributed by atoms with Crippen molar-refractivity contribution in [3.8, 4) is 11.1 Å². The number of hydrogen-bond acceptors (Lipinski definition) is 2. The summed E-state index contributed by atoms with van der Waals surface area (Å²) in [5.41, 5.74) is 3.51. The van der Waals surface area contributed by atoms with Crippen LogP contribution < -0.4 is 0 Å². The third kappa shape index (κ3) is 2.32. The van der Waals surface area contributed by atoms with Crippen molar-refractivity contribution in [2.24, 2.45) is 0 Å². The highest BCUT2D eigenvalue weighted by molar-refractivity contribution is 5.97. The van der Waals surface area contributed by atoms with E-state index in [1.54, 1.807) is 12.1 Å². The van der Waals surface area contributed by atoms with Gasteiger partial charge in [-0.3, -0.25) is 4.68 Å². The Kier molecular flexibility index (Phi) is 3.47. The van der Waals surface area contributed by atoms with Crippen molar-refractivity contribution in [2.45, 2.75) is 26.5 Å². The average Bonchev–Trinajstić information content (AvgIpc) is 2.87. The van der Waals surface area contributed by atoms with Gasteiger partial charge in [-0.2, -0.15) is 5.10 Å². The molecule has 4 heteroatoms. The molecule has 1 N–H and O–H groups in total. The minimum atomic E-state index is -0.258. The quantitative estimate of drug-likeness (QED) is 0.791. The van der Waals surface area contributed by atoms with Gasteiger partial charge in [0.05, 0.1) is 17.8 Å². The van der Waals surface area contributed by atoms with Crippen molar-refractivity contribution in [2.75, 3.05) is 0 Å². The SMILES string of the molecule is CC(C)n1nc(CO)c2c(-c3ccc(F)cc3)cccc21. The summed E-state index contributed by atoms with van der Waals surface area (Å²) in [5, 5.41) is 15.0. The summed E-state index contributed by atoms with van der Waals surface area (Å²) in [6, 6.07) is 12.5. The van der Waals surface area contributed by atoms with Crippen molar-refractivity contribution in [3.63, 3.8) is 0 Å². The first-order chi connectivity index (χ1) is 10.1. The van der Waals surface area contributed by atoms with Crippen LogP contribution in [-0.4, -0.2) is 14.9 Å². The first-order valence-electron chi connectivity index (χ1n) is 6.98. The fraction of sp³-hybridized carbons (Fsp3) is 0.235. The van der Waals surface area contributed by atoms with E-state index in [2.05, 4.69) is 18.9 Å². The minimum absolute atomic E-state index is 0.117. The van der Waals surface area contributed by atoms with Gasteiger partial charge in [-0.15, -0.1) is 0 Å². The number of halogens is 1. The Morgan fingerprint density at radius 1 is 1.14 bits per heavy atom. The maximum absolute atomic E-state index is 13.1. The lowest BCUT2D eigenvalue weighted by Gasteiger charge is -2.08. The van der Waals surface area contributed by atoms with Crippen molar-refractivity contribution in [1.29, 1.82) is 0 Å². The largest absolute Gasteiger partial charge is 0.390 e. The molecule has 0 aliphatic heterocycles. The normalized spacial score (nSPS) is 11.5. The number of rotatable bonds is 3. The molecule has 0 saturated carbocycles. The molecule has 21 heavy (non-hydrogen) atoms. The maximum Gasteiger partial charge on any atom is 0.123 e. The Morgan fingerprint density at radius 3 is 2.48 bits per heavy atom. The molecule has 108 valence electrons. The molecule has 0 bridgehead atoms. The predicted octanol–water partition coefficient (Wildman–Crippen LogP) is 3.92. The summed E-state index contributed by atoms with van der Waals surface area (Å²) >= 11 is 0. The van der Waals surface area contributed by atoms with E-state index < -0.39 is 0 Å². The first-order valence-corrected chi connectivity index (χ1v) is 6.98. The molecule has 0 aliphatic rings. The van der Waals surface area contributed by atoms with Crippen LogP contribution in [0, 0.1) is 5.82 Å². The maximum atomic E-state index is 13.1. The van der Waals surface area contributed by atoms with E-state index in [0.717, 1.165) is 22.0 Å². The van der Waals surface area contributed by atoms with Crippen LogP contribution in [0.15, 0.2) is 42.5 Å². The Hall–Kier alpha value is -2.20. The van der Waals surface area contributed by atoms with E-state index in [9.17, 15) is 9.50 Å². The standard InChI is InChI=1S/C17H17FN2O/c1-11(2)20-16-5-3-4-14(17(16)15(10-21)19-20)12-6-8-13(18)9-7-12/h3-9,11,21H,10H2,1-2H3. The predicted molar refractivity (Wildman–Crippen MR) is 81.4 cm³/mol. The second kappa shape index (κ2) is 5.30. The Morgan fingerprint density at radius 2 is 1.86 bits per heavy atom. The summed E-state index contributed by atoms with van der Waals surface area (Å²) in [5.74, 6) is -0.258. The van der Waals surface area contributed by atoms with E-state index >= 15 is 0 Å². The minimum Gasteiger partial charge on any atom is -0.390 e. The number of aromatic nitrogens is 2. The molecule has 3 nitrogen and oxygen atoms in total. The van der Waals surface area contributed by atoms with E-state index in [-0.39, 0.29) is 18.5 Å². The molecule has 3 rings (SSSR count). The molecule has 1 aromatic heterocycles. The lowest BCUT2D eigenvalue weighted by atomic mass is 10.00. The highest BCUT2D eigenvalue weighted by Crippen LogP contribution is 2.32. The molecule has 0 saturated heterocycles. The summed E-state index contributed by atoms with van der Waals surface area (Å²) in [6.07, 6.45) is 0. The Labute approximate surface area is 122 Å². The second-order valence-electron chi connectivity index (χ2n) is 5.35. The van der Waals surface area contributed by atoms with Crippen LogP contribution in [0.25, 0.3) is 22.0 Å². The fourth-order valence-corrected chi connectivity index (χ4v) is 2.64. The molecule has 0 amide bonds. The van der Waals surface area contributed by atoms with Gasteiger partial charge in [-0.25, -0.2) is 4.39 Å². The smallest absolute Gasteiger partial charge is 0.123 e. The van der Waals surface area contributed by atoms with Gasteiger partial charge < -0.3 is 5.11 Å². The van der Waals surface area contributed by atoms with Crippen LogP contribution in [0.1, 0.15) is 25.6 Å². The molecule has 2 aromatic carbocycles. The lowest BCUT2D eigenvalue weighted by Crippen LogP contribution is -2.02. The molecular formula is C17H17FN2O. The summed E-state index contributed by atoms with van der Waals surface area (Å²) in [7, 11) is 0. The van der Waals surface area contributed by atoms with E-state index in [1.165, 1.54) is 12.1 Å². The number of benzene rings is 2. The van der Waals surface area contributed by atoms with Gasteiger partial charge in [0.1, 0.15) is 5.82 Å². The molecule has 0 atom stereocenters. The second-order valence-corrected chi connectivity index (χ2v) is 5.35. The molecule has 1 heterocycles. The van der Waals surface area contributed by atoms with Crippen molar-refractivity contribution in [3.05, 3.63) is 54.0 Å². The highest BCUT2D eigenvalue weighted by atomic mass is 19.1. The third-order valence-electron chi connectivity index (χ3n) is 3.60. The summed E-state index contributed by atoms with van der Waals surface area (Å²) < 4.78 is 15.0. The van der Waals surface area contributed by atoms with Gasteiger partial charge in [0.25, 0.3) is 0 Å². The van der Waals surface area contributed by atoms with Crippen LogP contribution in [0.3, 0.4) is 0 Å². The van der Waals surface area contributed by atoms with Crippen LogP contribution in [0.5, 0.6) is 0 Å². The molecule has 0 radical (unpaired) electrons. The Bertz CT molecular complexity index is 775. The van der Waals surface area contributed by atoms with E-state index in [4.69, 9.17) is 0 Å². The molecule has 3 aromatic rings. The zero-order valence-corrected chi connectivity index (χ0v) is 12.0. The molecular weight excluding hydrogens is 267 g/mol. The molecule has 0 unspecified atom stereocenters. The van der Waals surface area contributed by atoms with Crippen molar-refractivity contribution in [1.82, 2.24) is 9.78 Å². The summed E-state index contributed by atoms with van der Waals surface area (Å²) in [6.45, 7) is 3.99. The third-order valence-corrected chi connectivity index (χ3v) is 3.60. The van der Waals surface area contributed by atoms with Crippen molar-refractivity contribution >= 4 is 10.9 Å². The number of hydrogen-bond donors (Lipinski definition) is 1. The van der Waals surface area contributed by atoms with Crippen LogP contribution >= 0.6 is 0 Å². The summed E-state index contributed by atoms with van der Waals surface area (Å²) in [4.78, 5) is 0. The molecule has 0 aliphatic carbocycles. The number of nitrogens with zero attached hydrogens (tertiary/aromatic N) is 2. The number of aliphatic hydroxyl groups is 1. The zero-order chi connectivity index (χ0) is 15.0. The molecule has 0 spiro atoms. The van der Waals surface area contributed by atoms with E-state index in [1.807, 2.05) is 22.9 Å². The number of aliphatic hydroxyl groups excluding tert-OH is 1. The van der Waals surface area contributed by atoms with Crippen LogP contribution in [-0.2, 0) is 6.61 Å². The van der Waals surface area contributed by atoms with Crippen LogP contribution in [0.2, 0.25) is 0 Å². The topological polar surface area (TPSA) is 38.0 Å². The van der Waals surface area contributed by atoms with Gasteiger partial charge in [0.15, 0.2) is 0 Å². The van der Waals surface area contributed by atoms with Gasteiger partial charge in [0, 0.05) is 11.4 Å². The van der Waals surface area contributed by atoms with Gasteiger partial charge >= 0.3 is 0 Å². The lowest BCUT2D eigenvalue weighted by molar-refractivity contribution is 0.276. The van der Waals surface area contributed by atoms with Gasteiger partial charge in [-0.1, -0.05) is 24.3 Å². The number of fused-ring (bicyclic) bond motifs is 1.